The van der Waals surface area contributed by atoms with Gasteiger partial charge in [0.1, 0.15) is 10.0 Å². The van der Waals surface area contributed by atoms with Crippen LogP contribution < -0.4 is 41.3 Å². The van der Waals surface area contributed by atoms with E-state index in [1.54, 1.807) is 97.1 Å². The third-order valence-electron chi connectivity index (χ3n) is 7.35. The molecule has 286 valence electrons. The lowest BCUT2D eigenvalue weighted by Crippen LogP contribution is -2.21. The number of carbonyl (C=O) groups is 2. The Morgan fingerprint density at radius 1 is 0.571 bits per heavy atom. The van der Waals surface area contributed by atoms with Gasteiger partial charge in [0, 0.05) is 22.5 Å². The first-order valence-corrected chi connectivity index (χ1v) is 18.2. The van der Waals surface area contributed by atoms with Crippen LogP contribution in [0.25, 0.3) is 0 Å². The van der Waals surface area contributed by atoms with Crippen LogP contribution in [0.5, 0.6) is 11.5 Å². The number of hydrogen-bond donors (Lipinski definition) is 6. The van der Waals surface area contributed by atoms with Crippen molar-refractivity contribution in [2.45, 2.75) is 0 Å². The van der Waals surface area contributed by atoms with Gasteiger partial charge in [0.15, 0.2) is 23.1 Å². The van der Waals surface area contributed by atoms with Crippen molar-refractivity contribution in [3.63, 3.8) is 0 Å². The molecule has 0 saturated carbocycles. The molecule has 0 bridgehead atoms. The van der Waals surface area contributed by atoms with E-state index in [0.717, 1.165) is 0 Å². The number of amides is 2. The first-order chi connectivity index (χ1) is 27.2. The summed E-state index contributed by atoms with van der Waals surface area (Å²) in [5.41, 5.74) is 7.30. The molecule has 6 N–H and O–H groups in total. The summed E-state index contributed by atoms with van der Waals surface area (Å²) in [6.45, 7) is 0. The molecule has 56 heavy (non-hydrogen) atoms. The van der Waals surface area contributed by atoms with Crippen molar-refractivity contribution in [3.05, 3.63) is 131 Å². The molecule has 4 aromatic carbocycles. The summed E-state index contributed by atoms with van der Waals surface area (Å²) in [5, 5.41) is 12.7. The molecule has 0 spiro atoms. The molecule has 6 rings (SSSR count). The predicted octanol–water partition coefficient (Wildman–Crippen LogP) is 7.98. The minimum absolute atomic E-state index is 0.192. The molecule has 0 unspecified atom stereocenters. The van der Waals surface area contributed by atoms with Crippen LogP contribution in [0.3, 0.4) is 0 Å². The van der Waals surface area contributed by atoms with Crippen LogP contribution in [-0.2, 0) is 14.2 Å². The quantitative estimate of drug-likeness (QED) is 0.0404. The van der Waals surface area contributed by atoms with E-state index in [9.17, 15) is 14.2 Å². The smallest absolute Gasteiger partial charge is 0.416 e. The van der Waals surface area contributed by atoms with Crippen molar-refractivity contribution >= 4 is 89.6 Å². The van der Waals surface area contributed by atoms with Crippen LogP contribution in [0.2, 0.25) is 10.0 Å². The Kier molecular flexibility index (Phi) is 13.1. The summed E-state index contributed by atoms with van der Waals surface area (Å²) in [4.78, 5) is 50.7. The fourth-order valence-electron chi connectivity index (χ4n) is 4.77. The van der Waals surface area contributed by atoms with E-state index in [1.165, 1.54) is 26.6 Å². The molecule has 2 heterocycles. The first-order valence-electron chi connectivity index (χ1n) is 16.3. The number of para-hydroxylation sites is 4. The third kappa shape index (κ3) is 10.4. The Bertz CT molecular complexity index is 2200. The first kappa shape index (κ1) is 39.2. The molecule has 6 aromatic rings. The fourth-order valence-corrected chi connectivity index (χ4v) is 5.81. The average Bonchev–Trinajstić information content (AvgIpc) is 3.19. The maximum Gasteiger partial charge on any atom is 0.419 e. The number of rotatable bonds is 16. The number of aromatic nitrogens is 4. The molecule has 17 nitrogen and oxygen atoms in total. The lowest BCUT2D eigenvalue weighted by atomic mass is 10.2. The summed E-state index contributed by atoms with van der Waals surface area (Å²) in [6, 6.07) is 26.6. The Hall–Kier alpha value is -6.49. The molecule has 20 heteroatoms. The van der Waals surface area contributed by atoms with E-state index in [0.29, 0.717) is 33.9 Å². The maximum atomic E-state index is 13.3. The second-order valence-electron chi connectivity index (χ2n) is 11.2. The van der Waals surface area contributed by atoms with Crippen LogP contribution in [-0.4, -0.2) is 46.0 Å². The maximum absolute atomic E-state index is 13.3. The van der Waals surface area contributed by atoms with Gasteiger partial charge >= 0.3 is 8.25 Å². The molecule has 2 aromatic heterocycles. The summed E-state index contributed by atoms with van der Waals surface area (Å²) < 4.78 is 24.9. The van der Waals surface area contributed by atoms with Crippen molar-refractivity contribution in [2.75, 3.05) is 35.5 Å². The van der Waals surface area contributed by atoms with Gasteiger partial charge in [-0.2, -0.15) is 9.97 Å². The Labute approximate surface area is 330 Å². The molecule has 0 fully saturated rings. The predicted molar refractivity (Wildman–Crippen MR) is 212 cm³/mol. The largest absolute Gasteiger partial charge is 0.419 e. The van der Waals surface area contributed by atoms with E-state index in [-0.39, 0.29) is 45.1 Å². The van der Waals surface area contributed by atoms with E-state index < -0.39 is 20.1 Å². The van der Waals surface area contributed by atoms with Crippen LogP contribution >= 0.6 is 31.5 Å². The van der Waals surface area contributed by atoms with Gasteiger partial charge in [-0.25, -0.2) is 25.5 Å². The van der Waals surface area contributed by atoms with Crippen LogP contribution in [0.15, 0.2) is 109 Å². The Morgan fingerprint density at radius 3 is 1.36 bits per heavy atom. The van der Waals surface area contributed by atoms with Gasteiger partial charge in [0.05, 0.1) is 38.0 Å². The molecule has 0 saturated heterocycles. The molecule has 0 radical (unpaired) electrons. The van der Waals surface area contributed by atoms with Crippen molar-refractivity contribution < 1.29 is 32.9 Å². The van der Waals surface area contributed by atoms with Gasteiger partial charge in [0.25, 0.3) is 11.8 Å². The van der Waals surface area contributed by atoms with Gasteiger partial charge in [-0.15, -0.1) is 0 Å². The topological polar surface area (TPSA) is 212 Å². The highest BCUT2D eigenvalue weighted by Gasteiger charge is 2.16. The SMILES string of the molecule is CONC(=O)c1ccc(Nc2ncc(Cl)c(Nc3ccccc3O[PH](=O)Oc3ccccc3Nc3nc(Nc4ccc(C(=O)NOC)cc4)ncc3Cl)n2)cc1. The highest BCUT2D eigenvalue weighted by Crippen LogP contribution is 2.40. The fraction of sp³-hybridized carbons (Fsp3) is 0.0556. The number of hydrogen-bond acceptors (Lipinski definition) is 15. The summed E-state index contributed by atoms with van der Waals surface area (Å²) >= 11 is 12.9. The third-order valence-corrected chi connectivity index (χ3v) is 8.68. The van der Waals surface area contributed by atoms with E-state index >= 15 is 0 Å². The number of anilines is 8. The second kappa shape index (κ2) is 18.7. The average molecular weight is 818 g/mol. The Balaban J connectivity index is 1.11. The highest BCUT2D eigenvalue weighted by molar-refractivity contribution is 7.34. The summed E-state index contributed by atoms with van der Waals surface area (Å²) in [6.07, 6.45) is 2.82. The molecule has 0 atom stereocenters. The molecule has 0 aliphatic carbocycles. The molecule has 0 aliphatic rings. The second-order valence-corrected chi connectivity index (χ2v) is 12.9. The normalized spacial score (nSPS) is 10.7. The minimum Gasteiger partial charge on any atom is -0.416 e. The van der Waals surface area contributed by atoms with Crippen molar-refractivity contribution in [1.82, 2.24) is 30.9 Å². The molecule has 0 aliphatic heterocycles. The van der Waals surface area contributed by atoms with Gasteiger partial charge in [-0.05, 0) is 72.8 Å². The van der Waals surface area contributed by atoms with E-state index in [2.05, 4.69) is 61.8 Å². The van der Waals surface area contributed by atoms with Crippen LogP contribution in [0.4, 0.5) is 46.3 Å². The summed E-state index contributed by atoms with van der Waals surface area (Å²) in [7, 11) is -0.524. The summed E-state index contributed by atoms with van der Waals surface area (Å²) in [5.74, 6) is 0.476. The number of hydroxylamine groups is 2. The van der Waals surface area contributed by atoms with Gasteiger partial charge < -0.3 is 30.3 Å². The highest BCUT2D eigenvalue weighted by atomic mass is 35.5. The monoisotopic (exact) mass is 816 g/mol. The number of nitrogens with zero attached hydrogens (tertiary/aromatic N) is 4. The Morgan fingerprint density at radius 2 is 0.964 bits per heavy atom. The molecule has 2 amide bonds. The van der Waals surface area contributed by atoms with Crippen LogP contribution in [0, 0.1) is 0 Å². The van der Waals surface area contributed by atoms with Crippen molar-refractivity contribution in [2.24, 2.45) is 0 Å². The van der Waals surface area contributed by atoms with Gasteiger partial charge in [-0.1, -0.05) is 47.5 Å². The number of nitrogens with one attached hydrogen (secondary N) is 6. The van der Waals surface area contributed by atoms with Crippen molar-refractivity contribution in [1.29, 1.82) is 0 Å². The van der Waals surface area contributed by atoms with E-state index in [1.807, 2.05) is 0 Å². The lowest BCUT2D eigenvalue weighted by Gasteiger charge is -2.16. The lowest BCUT2D eigenvalue weighted by molar-refractivity contribution is 0.0533. The zero-order valence-corrected chi connectivity index (χ0v) is 31.8. The standard InChI is InChI=1S/C36H31Cl2N10O7P/c1-52-47-33(49)21-11-15-23(16-12-21)41-35-39-19-25(37)31(45-35)43-27-7-3-5-9-29(27)54-56(51)55-30-10-6-4-8-28(30)44-32-26(38)20-40-36(46-32)42-24-17-13-22(14-18-24)34(50)48-53-2/h3-20,56H,1-2H3,(H,47,49)(H,48,50)(H2,39,41,43,45)(H2,40,42,44,46). The van der Waals surface area contributed by atoms with Gasteiger partial charge in [0.2, 0.25) is 11.9 Å². The minimum atomic E-state index is -3.22. The van der Waals surface area contributed by atoms with E-state index in [4.69, 9.17) is 32.2 Å². The zero-order valence-electron chi connectivity index (χ0n) is 29.3. The molecular formula is C36H31Cl2N10O7P. The van der Waals surface area contributed by atoms with Gasteiger partial charge in [-0.3, -0.25) is 19.3 Å². The number of benzene rings is 4. The zero-order chi connectivity index (χ0) is 39.4. The van der Waals surface area contributed by atoms with Crippen molar-refractivity contribution in [3.8, 4) is 11.5 Å². The number of halogens is 2. The number of carbonyl (C=O) groups excluding carboxylic acids is 2. The van der Waals surface area contributed by atoms with Crippen LogP contribution in [0.1, 0.15) is 20.7 Å². The molecular weight excluding hydrogens is 786 g/mol.